The Morgan fingerprint density at radius 3 is 2.40 bits per heavy atom. The van der Waals surface area contributed by atoms with E-state index in [1.165, 1.54) is 0 Å². The number of ketones is 1. The minimum atomic E-state index is -0.550. The summed E-state index contributed by atoms with van der Waals surface area (Å²) < 4.78 is 0. The average Bonchev–Trinajstić information content (AvgIpc) is 2.26. The SMILES string of the molecule is CCCCCC(CC)NC(=O)C(=O)CCl. The zero-order chi connectivity index (χ0) is 11.7. The van der Waals surface area contributed by atoms with Gasteiger partial charge in [-0.15, -0.1) is 11.6 Å². The molecule has 1 atom stereocenters. The highest BCUT2D eigenvalue weighted by Gasteiger charge is 2.15. The van der Waals surface area contributed by atoms with Crippen LogP contribution in [0.15, 0.2) is 0 Å². The predicted octanol–water partition coefficient (Wildman–Crippen LogP) is 2.27. The van der Waals surface area contributed by atoms with Gasteiger partial charge in [0.2, 0.25) is 5.78 Å². The van der Waals surface area contributed by atoms with Crippen LogP contribution in [0.4, 0.5) is 0 Å². The lowest BCUT2D eigenvalue weighted by Crippen LogP contribution is -2.39. The summed E-state index contributed by atoms with van der Waals surface area (Å²) in [6, 6.07) is 0.108. The van der Waals surface area contributed by atoms with Crippen molar-refractivity contribution in [3.8, 4) is 0 Å². The van der Waals surface area contributed by atoms with Gasteiger partial charge in [-0.1, -0.05) is 33.1 Å². The van der Waals surface area contributed by atoms with Crippen molar-refractivity contribution < 1.29 is 9.59 Å². The summed E-state index contributed by atoms with van der Waals surface area (Å²) in [7, 11) is 0. The van der Waals surface area contributed by atoms with Gasteiger partial charge in [-0.3, -0.25) is 9.59 Å². The van der Waals surface area contributed by atoms with Gasteiger partial charge in [-0.05, 0) is 12.8 Å². The number of Topliss-reactive ketones (excluding diaryl/α,β-unsaturated/α-hetero) is 1. The lowest BCUT2D eigenvalue weighted by atomic mass is 10.1. The molecule has 0 saturated carbocycles. The van der Waals surface area contributed by atoms with Crippen LogP contribution in [0, 0.1) is 0 Å². The number of halogens is 1. The lowest BCUT2D eigenvalue weighted by Gasteiger charge is -2.15. The molecule has 0 aliphatic rings. The maximum atomic E-state index is 11.2. The summed E-state index contributed by atoms with van der Waals surface area (Å²) in [5, 5.41) is 2.70. The quantitative estimate of drug-likeness (QED) is 0.397. The Hall–Kier alpha value is -0.570. The molecule has 0 aromatic heterocycles. The number of alkyl halides is 1. The average molecular weight is 234 g/mol. The highest BCUT2D eigenvalue weighted by molar-refractivity contribution is 6.46. The van der Waals surface area contributed by atoms with Crippen LogP contribution >= 0.6 is 11.6 Å². The standard InChI is InChI=1S/C11H20ClNO2/c1-3-5-6-7-9(4-2)13-11(15)10(14)8-12/h9H,3-8H2,1-2H3,(H,13,15). The van der Waals surface area contributed by atoms with E-state index in [1.807, 2.05) is 6.92 Å². The van der Waals surface area contributed by atoms with Gasteiger partial charge < -0.3 is 5.32 Å². The molecule has 1 unspecified atom stereocenters. The molecule has 0 heterocycles. The van der Waals surface area contributed by atoms with E-state index in [0.29, 0.717) is 0 Å². The summed E-state index contributed by atoms with van der Waals surface area (Å²) in [4.78, 5) is 22.2. The number of carbonyl (C=O) groups is 2. The van der Waals surface area contributed by atoms with Crippen molar-refractivity contribution in [3.05, 3.63) is 0 Å². The van der Waals surface area contributed by atoms with Gasteiger partial charge in [0, 0.05) is 6.04 Å². The summed E-state index contributed by atoms with van der Waals surface area (Å²) in [6.45, 7) is 4.14. The third kappa shape index (κ3) is 6.50. The molecule has 0 rings (SSSR count). The number of carbonyl (C=O) groups excluding carboxylic acids is 2. The van der Waals surface area contributed by atoms with Crippen molar-refractivity contribution in [3.63, 3.8) is 0 Å². The van der Waals surface area contributed by atoms with E-state index in [-0.39, 0.29) is 11.9 Å². The van der Waals surface area contributed by atoms with Crippen LogP contribution in [0.1, 0.15) is 46.0 Å². The molecule has 3 nitrogen and oxygen atoms in total. The van der Waals surface area contributed by atoms with E-state index in [2.05, 4.69) is 12.2 Å². The Balaban J connectivity index is 3.87. The van der Waals surface area contributed by atoms with Crippen molar-refractivity contribution >= 4 is 23.3 Å². The summed E-state index contributed by atoms with van der Waals surface area (Å²) in [6.07, 6.45) is 5.20. The number of rotatable bonds is 8. The fraction of sp³-hybridized carbons (Fsp3) is 0.818. The first kappa shape index (κ1) is 14.4. The van der Waals surface area contributed by atoms with Crippen molar-refractivity contribution in [1.82, 2.24) is 5.32 Å². The summed E-state index contributed by atoms with van der Waals surface area (Å²) in [5.74, 6) is -1.34. The minimum absolute atomic E-state index is 0.108. The molecule has 1 N–H and O–H groups in total. The van der Waals surface area contributed by atoms with Crippen LogP contribution in [-0.2, 0) is 9.59 Å². The monoisotopic (exact) mass is 233 g/mol. The molecule has 15 heavy (non-hydrogen) atoms. The highest BCUT2D eigenvalue weighted by atomic mass is 35.5. The maximum absolute atomic E-state index is 11.2. The Morgan fingerprint density at radius 1 is 1.27 bits per heavy atom. The molecule has 0 aliphatic heterocycles. The van der Waals surface area contributed by atoms with Crippen molar-refractivity contribution in [1.29, 1.82) is 0 Å². The Labute approximate surface area is 96.6 Å². The van der Waals surface area contributed by atoms with E-state index >= 15 is 0 Å². The lowest BCUT2D eigenvalue weighted by molar-refractivity contribution is -0.137. The van der Waals surface area contributed by atoms with Gasteiger partial charge in [0.15, 0.2) is 0 Å². The first-order valence-corrected chi connectivity index (χ1v) is 6.08. The number of hydrogen-bond donors (Lipinski definition) is 1. The summed E-state index contributed by atoms with van der Waals surface area (Å²) >= 11 is 5.29. The van der Waals surface area contributed by atoms with Crippen molar-refractivity contribution in [2.24, 2.45) is 0 Å². The van der Waals surface area contributed by atoms with Crippen LogP contribution < -0.4 is 5.32 Å². The van der Waals surface area contributed by atoms with E-state index in [9.17, 15) is 9.59 Å². The van der Waals surface area contributed by atoms with Crippen LogP contribution in [-0.4, -0.2) is 23.6 Å². The van der Waals surface area contributed by atoms with Gasteiger partial charge in [-0.25, -0.2) is 0 Å². The first-order valence-electron chi connectivity index (χ1n) is 5.55. The van der Waals surface area contributed by atoms with Gasteiger partial charge in [0.25, 0.3) is 5.91 Å². The predicted molar refractivity (Wildman–Crippen MR) is 62.1 cm³/mol. The molecule has 0 aromatic carbocycles. The molecular formula is C11H20ClNO2. The topological polar surface area (TPSA) is 46.2 Å². The maximum Gasteiger partial charge on any atom is 0.288 e. The molecule has 0 aromatic rings. The zero-order valence-corrected chi connectivity index (χ0v) is 10.3. The number of amides is 1. The first-order chi connectivity index (χ1) is 7.15. The Bertz CT molecular complexity index is 207. The van der Waals surface area contributed by atoms with Gasteiger partial charge >= 0.3 is 0 Å². The van der Waals surface area contributed by atoms with Gasteiger partial charge in [-0.2, -0.15) is 0 Å². The van der Waals surface area contributed by atoms with Crippen LogP contribution in [0.5, 0.6) is 0 Å². The molecule has 0 radical (unpaired) electrons. The van der Waals surface area contributed by atoms with E-state index in [0.717, 1.165) is 32.1 Å². The van der Waals surface area contributed by atoms with E-state index in [1.54, 1.807) is 0 Å². The van der Waals surface area contributed by atoms with Gasteiger partial charge in [0.05, 0.1) is 5.88 Å². The second-order valence-corrected chi connectivity index (χ2v) is 3.90. The fourth-order valence-corrected chi connectivity index (χ4v) is 1.47. The minimum Gasteiger partial charge on any atom is -0.347 e. The highest BCUT2D eigenvalue weighted by Crippen LogP contribution is 2.06. The fourth-order valence-electron chi connectivity index (χ4n) is 1.35. The molecule has 0 fully saturated rings. The Kier molecular flexibility index (Phi) is 8.38. The third-order valence-electron chi connectivity index (χ3n) is 2.36. The molecule has 88 valence electrons. The molecule has 0 aliphatic carbocycles. The van der Waals surface area contributed by atoms with Crippen molar-refractivity contribution in [2.75, 3.05) is 5.88 Å². The van der Waals surface area contributed by atoms with Crippen LogP contribution in [0.25, 0.3) is 0 Å². The molecule has 1 amide bonds. The molecular weight excluding hydrogens is 214 g/mol. The number of hydrogen-bond acceptors (Lipinski definition) is 2. The number of unbranched alkanes of at least 4 members (excludes halogenated alkanes) is 2. The van der Waals surface area contributed by atoms with Gasteiger partial charge in [0.1, 0.15) is 0 Å². The van der Waals surface area contributed by atoms with E-state index < -0.39 is 11.7 Å². The Morgan fingerprint density at radius 2 is 1.93 bits per heavy atom. The molecule has 0 saturated heterocycles. The second-order valence-electron chi connectivity index (χ2n) is 3.63. The smallest absolute Gasteiger partial charge is 0.288 e. The zero-order valence-electron chi connectivity index (χ0n) is 9.51. The van der Waals surface area contributed by atoms with E-state index in [4.69, 9.17) is 11.6 Å². The molecule has 0 spiro atoms. The molecule has 4 heteroatoms. The van der Waals surface area contributed by atoms with Crippen LogP contribution in [0.2, 0.25) is 0 Å². The van der Waals surface area contributed by atoms with Crippen LogP contribution in [0.3, 0.4) is 0 Å². The van der Waals surface area contributed by atoms with Crippen molar-refractivity contribution in [2.45, 2.75) is 52.0 Å². The normalized spacial score (nSPS) is 12.2. The third-order valence-corrected chi connectivity index (χ3v) is 2.60. The largest absolute Gasteiger partial charge is 0.347 e. The second kappa shape index (κ2) is 8.72. The molecule has 0 bridgehead atoms. The number of nitrogens with one attached hydrogen (secondary N) is 1. The summed E-state index contributed by atoms with van der Waals surface area (Å²) in [5.41, 5.74) is 0.